The first-order valence-corrected chi connectivity index (χ1v) is 5.50. The average Bonchev–Trinajstić information content (AvgIpc) is 2.60. The largest absolute Gasteiger partial charge is 0.396 e. The molecule has 1 aromatic carbocycles. The summed E-state index contributed by atoms with van der Waals surface area (Å²) in [7, 11) is 0. The predicted molar refractivity (Wildman–Crippen MR) is 63.3 cm³/mol. The van der Waals surface area contributed by atoms with Crippen LogP contribution in [0, 0.1) is 5.92 Å². The van der Waals surface area contributed by atoms with Crippen LogP contribution in [0.2, 0.25) is 0 Å². The van der Waals surface area contributed by atoms with Gasteiger partial charge in [-0.05, 0) is 13.8 Å². The van der Waals surface area contributed by atoms with Gasteiger partial charge < -0.3 is 4.84 Å². The van der Waals surface area contributed by atoms with Crippen LogP contribution in [0.4, 0.5) is 0 Å². The molecule has 17 heavy (non-hydrogen) atoms. The summed E-state index contributed by atoms with van der Waals surface area (Å²) < 4.78 is 0. The van der Waals surface area contributed by atoms with Crippen LogP contribution in [0.5, 0.6) is 0 Å². The fourth-order valence-corrected chi connectivity index (χ4v) is 1.94. The van der Waals surface area contributed by atoms with Gasteiger partial charge in [-0.1, -0.05) is 29.4 Å². The summed E-state index contributed by atoms with van der Waals surface area (Å²) in [5.41, 5.74) is 1.38. The van der Waals surface area contributed by atoms with Gasteiger partial charge in [-0.2, -0.15) is 0 Å². The van der Waals surface area contributed by atoms with E-state index in [1.807, 2.05) is 0 Å². The number of ketones is 2. The number of carbonyl (C=O) groups excluding carboxylic acids is 2. The highest BCUT2D eigenvalue weighted by atomic mass is 16.6. The number of rotatable bonds is 3. The number of hydrogen-bond donors (Lipinski definition) is 0. The van der Waals surface area contributed by atoms with E-state index in [2.05, 4.69) is 5.16 Å². The summed E-state index contributed by atoms with van der Waals surface area (Å²) in [6, 6.07) is 6.84. The van der Waals surface area contributed by atoms with Gasteiger partial charge in [0.1, 0.15) is 12.5 Å². The Hall–Kier alpha value is -1.97. The van der Waals surface area contributed by atoms with Crippen LogP contribution >= 0.6 is 0 Å². The van der Waals surface area contributed by atoms with Crippen molar-refractivity contribution in [2.75, 3.05) is 6.61 Å². The van der Waals surface area contributed by atoms with E-state index < -0.39 is 5.92 Å². The van der Waals surface area contributed by atoms with Crippen molar-refractivity contribution in [3.8, 4) is 0 Å². The van der Waals surface area contributed by atoms with Gasteiger partial charge in [0.15, 0.2) is 11.6 Å². The lowest BCUT2D eigenvalue weighted by Gasteiger charge is -2.05. The quantitative estimate of drug-likeness (QED) is 0.454. The molecule has 4 heteroatoms. The van der Waals surface area contributed by atoms with E-state index in [4.69, 9.17) is 4.84 Å². The van der Waals surface area contributed by atoms with Crippen molar-refractivity contribution in [3.63, 3.8) is 0 Å². The maximum atomic E-state index is 12.1. The van der Waals surface area contributed by atoms with Crippen molar-refractivity contribution in [2.24, 2.45) is 11.1 Å². The Labute approximate surface area is 99.3 Å². The normalized spacial score (nSPS) is 16.2. The molecule has 0 atom stereocenters. The minimum absolute atomic E-state index is 0.188. The standard InChI is InChI=1S/C13H13NO3/c1-3-17-14-8(2)11-12(15)9-6-4-5-7-10(9)13(11)16/h4-7,11H,3H2,1-2H3/b14-8+. The number of oxime groups is 1. The van der Waals surface area contributed by atoms with Gasteiger partial charge in [0, 0.05) is 11.1 Å². The van der Waals surface area contributed by atoms with E-state index in [0.29, 0.717) is 23.4 Å². The Morgan fingerprint density at radius 3 is 2.24 bits per heavy atom. The van der Waals surface area contributed by atoms with E-state index >= 15 is 0 Å². The van der Waals surface area contributed by atoms with Crippen molar-refractivity contribution in [1.82, 2.24) is 0 Å². The summed E-state index contributed by atoms with van der Waals surface area (Å²) in [6.07, 6.45) is 0. The molecular weight excluding hydrogens is 218 g/mol. The molecule has 0 aliphatic heterocycles. The lowest BCUT2D eigenvalue weighted by Crippen LogP contribution is -2.23. The second-order valence-corrected chi connectivity index (χ2v) is 3.86. The molecule has 0 N–H and O–H groups in total. The number of benzene rings is 1. The Kier molecular flexibility index (Phi) is 3.04. The van der Waals surface area contributed by atoms with Gasteiger partial charge in [-0.3, -0.25) is 9.59 Å². The molecule has 0 radical (unpaired) electrons. The highest BCUT2D eigenvalue weighted by Crippen LogP contribution is 2.27. The maximum absolute atomic E-state index is 12.1. The zero-order chi connectivity index (χ0) is 12.4. The third kappa shape index (κ3) is 1.86. The fraction of sp³-hybridized carbons (Fsp3) is 0.308. The molecule has 0 aromatic heterocycles. The zero-order valence-corrected chi connectivity index (χ0v) is 9.77. The minimum atomic E-state index is -0.807. The topological polar surface area (TPSA) is 55.7 Å². The van der Waals surface area contributed by atoms with E-state index in [-0.39, 0.29) is 11.6 Å². The molecule has 1 aromatic rings. The second-order valence-electron chi connectivity index (χ2n) is 3.86. The number of Topliss-reactive ketones (excluding diaryl/α,β-unsaturated/α-hetero) is 2. The molecular formula is C13H13NO3. The molecule has 4 nitrogen and oxygen atoms in total. The van der Waals surface area contributed by atoms with Gasteiger partial charge in [-0.15, -0.1) is 0 Å². The molecule has 0 heterocycles. The van der Waals surface area contributed by atoms with E-state index in [0.717, 1.165) is 0 Å². The first-order valence-electron chi connectivity index (χ1n) is 5.50. The Balaban J connectivity index is 2.36. The number of hydrogen-bond acceptors (Lipinski definition) is 4. The van der Waals surface area contributed by atoms with Crippen LogP contribution in [0.3, 0.4) is 0 Å². The number of carbonyl (C=O) groups is 2. The maximum Gasteiger partial charge on any atom is 0.180 e. The van der Waals surface area contributed by atoms with Crippen LogP contribution in [-0.4, -0.2) is 23.9 Å². The first kappa shape index (κ1) is 11.5. The summed E-state index contributed by atoms with van der Waals surface area (Å²) in [5, 5.41) is 3.78. The van der Waals surface area contributed by atoms with Crippen molar-refractivity contribution in [3.05, 3.63) is 35.4 Å². The summed E-state index contributed by atoms with van der Waals surface area (Å²) in [5.74, 6) is -1.18. The van der Waals surface area contributed by atoms with Crippen molar-refractivity contribution >= 4 is 17.3 Å². The van der Waals surface area contributed by atoms with Crippen molar-refractivity contribution in [2.45, 2.75) is 13.8 Å². The molecule has 0 amide bonds. The lowest BCUT2D eigenvalue weighted by molar-refractivity contribution is 0.0875. The van der Waals surface area contributed by atoms with E-state index in [9.17, 15) is 9.59 Å². The van der Waals surface area contributed by atoms with Gasteiger partial charge in [0.2, 0.25) is 0 Å². The number of nitrogens with zero attached hydrogens (tertiary/aromatic N) is 1. The minimum Gasteiger partial charge on any atom is -0.396 e. The van der Waals surface area contributed by atoms with Gasteiger partial charge >= 0.3 is 0 Å². The fourth-order valence-electron chi connectivity index (χ4n) is 1.94. The molecule has 0 bridgehead atoms. The first-order chi connectivity index (χ1) is 8.16. The summed E-state index contributed by atoms with van der Waals surface area (Å²) in [6.45, 7) is 3.85. The summed E-state index contributed by atoms with van der Waals surface area (Å²) in [4.78, 5) is 29.0. The van der Waals surface area contributed by atoms with Gasteiger partial charge in [0.05, 0.1) is 5.71 Å². The molecule has 0 fully saturated rings. The molecule has 1 aliphatic carbocycles. The van der Waals surface area contributed by atoms with Gasteiger partial charge in [-0.25, -0.2) is 0 Å². The molecule has 2 rings (SSSR count). The van der Waals surface area contributed by atoms with Gasteiger partial charge in [0.25, 0.3) is 0 Å². The molecule has 0 saturated heterocycles. The molecule has 0 saturated carbocycles. The van der Waals surface area contributed by atoms with Crippen LogP contribution < -0.4 is 0 Å². The highest BCUT2D eigenvalue weighted by molar-refractivity contribution is 6.36. The number of fused-ring (bicyclic) bond motifs is 1. The third-order valence-electron chi connectivity index (χ3n) is 2.74. The Bertz CT molecular complexity index is 470. The van der Waals surface area contributed by atoms with Crippen LogP contribution in [0.15, 0.2) is 29.4 Å². The lowest BCUT2D eigenvalue weighted by atomic mass is 9.99. The summed E-state index contributed by atoms with van der Waals surface area (Å²) >= 11 is 0. The van der Waals surface area contributed by atoms with E-state index in [1.165, 1.54) is 0 Å². The predicted octanol–water partition coefficient (Wildman–Crippen LogP) is 2.09. The van der Waals surface area contributed by atoms with Crippen LogP contribution in [0.1, 0.15) is 34.6 Å². The Morgan fingerprint density at radius 1 is 1.24 bits per heavy atom. The molecule has 88 valence electrons. The van der Waals surface area contributed by atoms with E-state index in [1.54, 1.807) is 38.1 Å². The van der Waals surface area contributed by atoms with Crippen LogP contribution in [-0.2, 0) is 4.84 Å². The Morgan fingerprint density at radius 2 is 1.76 bits per heavy atom. The zero-order valence-electron chi connectivity index (χ0n) is 9.77. The van der Waals surface area contributed by atoms with Crippen LogP contribution in [0.25, 0.3) is 0 Å². The molecule has 0 unspecified atom stereocenters. The molecule has 1 aliphatic rings. The molecule has 0 spiro atoms. The highest BCUT2D eigenvalue weighted by Gasteiger charge is 2.40. The van der Waals surface area contributed by atoms with Crippen molar-refractivity contribution < 1.29 is 14.4 Å². The SMILES string of the molecule is CCO/N=C(\C)C1C(=O)c2ccccc2C1=O. The van der Waals surface area contributed by atoms with Crippen molar-refractivity contribution in [1.29, 1.82) is 0 Å². The third-order valence-corrected chi connectivity index (χ3v) is 2.74. The smallest absolute Gasteiger partial charge is 0.180 e. The average molecular weight is 231 g/mol. The second kappa shape index (κ2) is 4.49. The monoisotopic (exact) mass is 231 g/mol.